The van der Waals surface area contributed by atoms with Crippen molar-refractivity contribution >= 4 is 17.9 Å². The van der Waals surface area contributed by atoms with E-state index in [-0.39, 0.29) is 16.3 Å². The first-order chi connectivity index (χ1) is 6.94. The van der Waals surface area contributed by atoms with Gasteiger partial charge in [-0.1, -0.05) is 17.7 Å². The summed E-state index contributed by atoms with van der Waals surface area (Å²) >= 11 is 5.74. The highest BCUT2D eigenvalue weighted by molar-refractivity contribution is 6.34. The average Bonchev–Trinajstić information content (AvgIpc) is 2.15. The molecule has 0 saturated heterocycles. The van der Waals surface area contributed by atoms with Crippen molar-refractivity contribution in [3.63, 3.8) is 0 Å². The lowest BCUT2D eigenvalue weighted by Crippen LogP contribution is -2.21. The Morgan fingerprint density at radius 2 is 2.20 bits per heavy atom. The second-order valence-corrected chi connectivity index (χ2v) is 3.51. The molecule has 0 aromatic heterocycles. The Labute approximate surface area is 90.8 Å². The Bertz CT molecular complexity index is 361. The molecule has 1 rings (SSSR count). The van der Waals surface area contributed by atoms with E-state index in [9.17, 15) is 13.6 Å². The zero-order chi connectivity index (χ0) is 11.5. The first kappa shape index (κ1) is 11.9. The van der Waals surface area contributed by atoms with E-state index in [0.717, 1.165) is 6.92 Å². The molecular weight excluding hydrogens is 226 g/mol. The fourth-order valence-corrected chi connectivity index (χ4v) is 1.16. The van der Waals surface area contributed by atoms with Crippen molar-refractivity contribution in [1.82, 2.24) is 0 Å². The topological polar surface area (TPSA) is 26.3 Å². The third-order valence-electron chi connectivity index (χ3n) is 1.60. The maximum atomic E-state index is 12.5. The second-order valence-electron chi connectivity index (χ2n) is 3.14. The number of halogens is 3. The van der Waals surface area contributed by atoms with Crippen LogP contribution in [0.4, 0.5) is 8.78 Å². The molecule has 0 aliphatic rings. The summed E-state index contributed by atoms with van der Waals surface area (Å²) in [5.41, 5.74) is 0.216. The molecule has 0 amide bonds. The molecule has 15 heavy (non-hydrogen) atoms. The minimum Gasteiger partial charge on any atom is -0.486 e. The number of rotatable bonds is 4. The molecule has 0 unspecified atom stereocenters. The molecule has 0 heterocycles. The molecule has 0 aliphatic carbocycles. The number of ether oxygens (including phenoxy) is 1. The van der Waals surface area contributed by atoms with Crippen LogP contribution in [-0.2, 0) is 0 Å². The van der Waals surface area contributed by atoms with Crippen LogP contribution in [0.2, 0.25) is 5.02 Å². The highest BCUT2D eigenvalue weighted by atomic mass is 35.5. The first-order valence-electron chi connectivity index (χ1n) is 4.18. The summed E-state index contributed by atoms with van der Waals surface area (Å²) in [7, 11) is 0. The summed E-state index contributed by atoms with van der Waals surface area (Å²) in [6.45, 7) is -0.0283. The van der Waals surface area contributed by atoms with Gasteiger partial charge in [-0.15, -0.1) is 0 Å². The summed E-state index contributed by atoms with van der Waals surface area (Å²) in [5, 5.41) is 0.0525. The van der Waals surface area contributed by atoms with Crippen LogP contribution in [-0.4, -0.2) is 18.8 Å². The van der Waals surface area contributed by atoms with Crippen molar-refractivity contribution in [2.45, 2.75) is 12.8 Å². The Hall–Kier alpha value is -1.16. The smallest absolute Gasteiger partial charge is 0.278 e. The van der Waals surface area contributed by atoms with Crippen molar-refractivity contribution in [1.29, 1.82) is 0 Å². The van der Waals surface area contributed by atoms with E-state index in [2.05, 4.69) is 0 Å². The molecule has 0 saturated carbocycles. The standard InChI is InChI=1S/C10H9ClF2O2/c1-10(12,13)6-15-8-4-2-3-7(5-14)9(8)11/h2-5H,6H2,1H3. The Balaban J connectivity index is 2.82. The van der Waals surface area contributed by atoms with Crippen molar-refractivity contribution in [2.24, 2.45) is 0 Å². The number of benzene rings is 1. The summed E-state index contributed by atoms with van der Waals surface area (Å²) in [6.07, 6.45) is 0.541. The normalized spacial score (nSPS) is 11.2. The molecule has 0 atom stereocenters. The molecule has 5 heteroatoms. The fraction of sp³-hybridized carbons (Fsp3) is 0.300. The Morgan fingerprint density at radius 3 is 2.73 bits per heavy atom. The quantitative estimate of drug-likeness (QED) is 0.748. The monoisotopic (exact) mass is 234 g/mol. The summed E-state index contributed by atoms with van der Waals surface area (Å²) in [4.78, 5) is 10.5. The van der Waals surface area contributed by atoms with Crippen LogP contribution in [0, 0.1) is 0 Å². The largest absolute Gasteiger partial charge is 0.486 e. The Kier molecular flexibility index (Phi) is 3.63. The van der Waals surface area contributed by atoms with Crippen molar-refractivity contribution < 1.29 is 18.3 Å². The molecule has 0 spiro atoms. The third kappa shape index (κ3) is 3.47. The number of hydrogen-bond donors (Lipinski definition) is 0. The lowest BCUT2D eigenvalue weighted by Gasteiger charge is -2.13. The molecule has 0 N–H and O–H groups in total. The van der Waals surface area contributed by atoms with Gasteiger partial charge in [-0.25, -0.2) is 8.78 Å². The van der Waals surface area contributed by atoms with Gasteiger partial charge in [0.1, 0.15) is 5.75 Å². The van der Waals surface area contributed by atoms with Gasteiger partial charge in [-0.3, -0.25) is 4.79 Å². The first-order valence-corrected chi connectivity index (χ1v) is 4.56. The SMILES string of the molecule is CC(F)(F)COc1cccc(C=O)c1Cl. The second kappa shape index (κ2) is 4.57. The predicted molar refractivity (Wildman–Crippen MR) is 53.0 cm³/mol. The molecule has 2 nitrogen and oxygen atoms in total. The van der Waals surface area contributed by atoms with Crippen molar-refractivity contribution in [3.05, 3.63) is 28.8 Å². The number of alkyl halides is 2. The molecule has 1 aromatic carbocycles. The minimum atomic E-state index is -2.93. The van der Waals surface area contributed by atoms with Crippen LogP contribution in [0.15, 0.2) is 18.2 Å². The van der Waals surface area contributed by atoms with Gasteiger partial charge in [-0.05, 0) is 12.1 Å². The van der Waals surface area contributed by atoms with Gasteiger partial charge in [0.05, 0.1) is 5.02 Å². The van der Waals surface area contributed by atoms with Crippen LogP contribution in [0.3, 0.4) is 0 Å². The summed E-state index contributed by atoms with van der Waals surface area (Å²) in [6, 6.07) is 4.42. The van der Waals surface area contributed by atoms with Gasteiger partial charge in [0.15, 0.2) is 12.9 Å². The maximum Gasteiger partial charge on any atom is 0.278 e. The van der Waals surface area contributed by atoms with Gasteiger partial charge in [-0.2, -0.15) is 0 Å². The van der Waals surface area contributed by atoms with Crippen LogP contribution in [0.25, 0.3) is 0 Å². The lowest BCUT2D eigenvalue weighted by atomic mass is 10.2. The van der Waals surface area contributed by atoms with Crippen molar-refractivity contribution in [2.75, 3.05) is 6.61 Å². The van der Waals surface area contributed by atoms with Gasteiger partial charge in [0, 0.05) is 12.5 Å². The summed E-state index contributed by atoms with van der Waals surface area (Å²) in [5.74, 6) is -2.84. The number of carbonyl (C=O) groups is 1. The molecule has 0 bridgehead atoms. The van der Waals surface area contributed by atoms with Crippen LogP contribution in [0.5, 0.6) is 5.75 Å². The molecular formula is C10H9ClF2O2. The molecule has 0 radical (unpaired) electrons. The van der Waals surface area contributed by atoms with Gasteiger partial charge in [0.25, 0.3) is 5.92 Å². The molecule has 82 valence electrons. The minimum absolute atomic E-state index is 0.0525. The average molecular weight is 235 g/mol. The molecule has 0 fully saturated rings. The number of hydrogen-bond acceptors (Lipinski definition) is 2. The fourth-order valence-electron chi connectivity index (χ4n) is 0.935. The zero-order valence-electron chi connectivity index (χ0n) is 7.97. The van der Waals surface area contributed by atoms with E-state index in [0.29, 0.717) is 6.29 Å². The van der Waals surface area contributed by atoms with Crippen molar-refractivity contribution in [3.8, 4) is 5.75 Å². The van der Waals surface area contributed by atoms with E-state index in [1.54, 1.807) is 0 Å². The highest BCUT2D eigenvalue weighted by Gasteiger charge is 2.22. The zero-order valence-corrected chi connectivity index (χ0v) is 8.72. The van der Waals surface area contributed by atoms with Gasteiger partial charge >= 0.3 is 0 Å². The number of aldehydes is 1. The maximum absolute atomic E-state index is 12.5. The predicted octanol–water partition coefficient (Wildman–Crippen LogP) is 3.19. The molecule has 1 aromatic rings. The van der Waals surface area contributed by atoms with E-state index < -0.39 is 12.5 Å². The van der Waals surface area contributed by atoms with Gasteiger partial charge < -0.3 is 4.74 Å². The molecule has 0 aliphatic heterocycles. The van der Waals surface area contributed by atoms with E-state index in [4.69, 9.17) is 16.3 Å². The number of carbonyl (C=O) groups excluding carboxylic acids is 1. The summed E-state index contributed by atoms with van der Waals surface area (Å²) < 4.78 is 29.8. The van der Waals surface area contributed by atoms with E-state index in [1.165, 1.54) is 18.2 Å². The lowest BCUT2D eigenvalue weighted by molar-refractivity contribution is -0.0229. The third-order valence-corrected chi connectivity index (χ3v) is 2.01. The Morgan fingerprint density at radius 1 is 1.53 bits per heavy atom. The van der Waals surface area contributed by atoms with Crippen LogP contribution in [0.1, 0.15) is 17.3 Å². The van der Waals surface area contributed by atoms with Crippen LogP contribution >= 0.6 is 11.6 Å². The highest BCUT2D eigenvalue weighted by Crippen LogP contribution is 2.28. The van der Waals surface area contributed by atoms with E-state index in [1.807, 2.05) is 0 Å². The van der Waals surface area contributed by atoms with Crippen LogP contribution < -0.4 is 4.74 Å². The van der Waals surface area contributed by atoms with E-state index >= 15 is 0 Å². The van der Waals surface area contributed by atoms with Gasteiger partial charge in [0.2, 0.25) is 0 Å².